The Hall–Kier alpha value is -1.27. The van der Waals surface area contributed by atoms with Gasteiger partial charge in [-0.25, -0.2) is 8.42 Å². The van der Waals surface area contributed by atoms with Crippen LogP contribution in [0, 0.1) is 0 Å². The Bertz CT molecular complexity index is 482. The van der Waals surface area contributed by atoms with E-state index in [0.717, 1.165) is 0 Å². The van der Waals surface area contributed by atoms with E-state index in [1.165, 1.54) is 20.3 Å². The molecule has 6 heteroatoms. The van der Waals surface area contributed by atoms with E-state index >= 15 is 0 Å². The zero-order valence-corrected chi connectivity index (χ0v) is 11.0. The fraction of sp³-hybridized carbons (Fsp3) is 0.455. The monoisotopic (exact) mass is 259 g/mol. The summed E-state index contributed by atoms with van der Waals surface area (Å²) < 4.78 is 34.2. The Balaban J connectivity index is 3.27. The SMILES string of the molecule is COc1ccc(OC)c(S(=O)(=O)CC(C)N)c1. The van der Waals surface area contributed by atoms with Gasteiger partial charge in [0.05, 0.1) is 20.0 Å². The van der Waals surface area contributed by atoms with Crippen molar-refractivity contribution < 1.29 is 17.9 Å². The molecule has 0 bridgehead atoms. The average molecular weight is 259 g/mol. The van der Waals surface area contributed by atoms with Gasteiger partial charge in [0.2, 0.25) is 0 Å². The normalized spacial score (nSPS) is 13.2. The lowest BCUT2D eigenvalue weighted by molar-refractivity contribution is 0.392. The summed E-state index contributed by atoms with van der Waals surface area (Å²) in [5.41, 5.74) is 5.53. The molecular weight excluding hydrogens is 242 g/mol. The second kappa shape index (κ2) is 5.37. The van der Waals surface area contributed by atoms with Gasteiger partial charge in [-0.15, -0.1) is 0 Å². The molecule has 0 aliphatic carbocycles. The molecule has 5 nitrogen and oxygen atoms in total. The predicted molar refractivity (Wildman–Crippen MR) is 65.2 cm³/mol. The zero-order valence-electron chi connectivity index (χ0n) is 10.1. The lowest BCUT2D eigenvalue weighted by atomic mass is 10.3. The van der Waals surface area contributed by atoms with Crippen LogP contribution in [-0.2, 0) is 9.84 Å². The first kappa shape index (κ1) is 13.8. The quantitative estimate of drug-likeness (QED) is 0.847. The average Bonchev–Trinajstić information content (AvgIpc) is 2.26. The number of hydrogen-bond donors (Lipinski definition) is 1. The molecule has 0 heterocycles. The highest BCUT2D eigenvalue weighted by Gasteiger charge is 2.21. The second-order valence-electron chi connectivity index (χ2n) is 3.78. The van der Waals surface area contributed by atoms with Crippen LogP contribution in [0.2, 0.25) is 0 Å². The molecule has 1 rings (SSSR count). The van der Waals surface area contributed by atoms with Crippen LogP contribution in [-0.4, -0.2) is 34.4 Å². The number of methoxy groups -OCH3 is 2. The Labute approximate surface area is 101 Å². The Kier molecular flexibility index (Phi) is 4.36. The van der Waals surface area contributed by atoms with Crippen molar-refractivity contribution in [3.8, 4) is 11.5 Å². The van der Waals surface area contributed by atoms with Gasteiger partial charge in [0.1, 0.15) is 16.4 Å². The molecule has 0 radical (unpaired) electrons. The maximum absolute atomic E-state index is 12.1. The fourth-order valence-corrected chi connectivity index (χ4v) is 3.09. The summed E-state index contributed by atoms with van der Waals surface area (Å²) in [5.74, 6) is 0.636. The van der Waals surface area contributed by atoms with Gasteiger partial charge in [-0.3, -0.25) is 0 Å². The van der Waals surface area contributed by atoms with E-state index in [4.69, 9.17) is 15.2 Å². The minimum absolute atomic E-state index is 0.108. The largest absolute Gasteiger partial charge is 0.497 e. The lowest BCUT2D eigenvalue weighted by Crippen LogP contribution is -2.26. The fourth-order valence-electron chi connectivity index (χ4n) is 1.46. The summed E-state index contributed by atoms with van der Waals surface area (Å²) in [4.78, 5) is 0.108. The van der Waals surface area contributed by atoms with Crippen LogP contribution in [0.1, 0.15) is 6.92 Å². The minimum atomic E-state index is -3.46. The van der Waals surface area contributed by atoms with Crippen molar-refractivity contribution in [1.82, 2.24) is 0 Å². The Morgan fingerprint density at radius 1 is 1.29 bits per heavy atom. The molecular formula is C11H17NO4S. The van der Waals surface area contributed by atoms with Crippen LogP contribution in [0.15, 0.2) is 23.1 Å². The maximum atomic E-state index is 12.1. The molecule has 2 N–H and O–H groups in total. The molecule has 0 saturated heterocycles. The minimum Gasteiger partial charge on any atom is -0.497 e. The van der Waals surface area contributed by atoms with Crippen molar-refractivity contribution in [3.05, 3.63) is 18.2 Å². The number of benzene rings is 1. The molecule has 0 fully saturated rings. The van der Waals surface area contributed by atoms with Gasteiger partial charge in [-0.05, 0) is 19.1 Å². The summed E-state index contributed by atoms with van der Waals surface area (Å²) in [6.45, 7) is 1.64. The molecule has 0 aliphatic heterocycles. The van der Waals surface area contributed by atoms with Crippen LogP contribution < -0.4 is 15.2 Å². The standard InChI is InChI=1S/C11H17NO4S/c1-8(12)7-17(13,14)11-6-9(15-2)4-5-10(11)16-3/h4-6,8H,7,12H2,1-3H3. The van der Waals surface area contributed by atoms with Crippen molar-refractivity contribution in [1.29, 1.82) is 0 Å². The summed E-state index contributed by atoms with van der Waals surface area (Å²) >= 11 is 0. The molecule has 0 amide bonds. The highest BCUT2D eigenvalue weighted by Crippen LogP contribution is 2.29. The summed E-state index contributed by atoms with van der Waals surface area (Å²) in [7, 11) is -0.566. The smallest absolute Gasteiger partial charge is 0.183 e. The zero-order chi connectivity index (χ0) is 13.1. The first-order chi connectivity index (χ1) is 7.90. The Morgan fingerprint density at radius 2 is 1.94 bits per heavy atom. The molecule has 1 aromatic carbocycles. The first-order valence-electron chi connectivity index (χ1n) is 5.11. The van der Waals surface area contributed by atoms with E-state index in [0.29, 0.717) is 11.5 Å². The van der Waals surface area contributed by atoms with Gasteiger partial charge < -0.3 is 15.2 Å². The molecule has 0 aliphatic rings. The molecule has 17 heavy (non-hydrogen) atoms. The van der Waals surface area contributed by atoms with Crippen molar-refractivity contribution in [3.63, 3.8) is 0 Å². The molecule has 0 aromatic heterocycles. The summed E-state index contributed by atoms with van der Waals surface area (Å²) in [6.07, 6.45) is 0. The second-order valence-corrected chi connectivity index (χ2v) is 5.78. The molecule has 1 aromatic rings. The van der Waals surface area contributed by atoms with Crippen LogP contribution in [0.25, 0.3) is 0 Å². The van der Waals surface area contributed by atoms with Crippen molar-refractivity contribution in [2.45, 2.75) is 17.9 Å². The number of hydrogen-bond acceptors (Lipinski definition) is 5. The van der Waals surface area contributed by atoms with Crippen molar-refractivity contribution >= 4 is 9.84 Å². The highest BCUT2D eigenvalue weighted by molar-refractivity contribution is 7.91. The van der Waals surface area contributed by atoms with Gasteiger partial charge >= 0.3 is 0 Å². The van der Waals surface area contributed by atoms with Crippen LogP contribution >= 0.6 is 0 Å². The topological polar surface area (TPSA) is 78.6 Å². The third kappa shape index (κ3) is 3.34. The van der Waals surface area contributed by atoms with Crippen molar-refractivity contribution in [2.75, 3.05) is 20.0 Å². The van der Waals surface area contributed by atoms with Gasteiger partial charge in [0.25, 0.3) is 0 Å². The van der Waals surface area contributed by atoms with E-state index in [9.17, 15) is 8.42 Å². The van der Waals surface area contributed by atoms with Gasteiger partial charge in [0.15, 0.2) is 9.84 Å². The van der Waals surface area contributed by atoms with Crippen LogP contribution in [0.3, 0.4) is 0 Å². The predicted octanol–water partition coefficient (Wildman–Crippen LogP) is 0.825. The van der Waals surface area contributed by atoms with E-state index in [2.05, 4.69) is 0 Å². The Morgan fingerprint density at radius 3 is 2.41 bits per heavy atom. The van der Waals surface area contributed by atoms with E-state index in [1.54, 1.807) is 19.1 Å². The van der Waals surface area contributed by atoms with E-state index in [-0.39, 0.29) is 10.6 Å². The molecule has 96 valence electrons. The number of ether oxygens (including phenoxy) is 2. The summed E-state index contributed by atoms with van der Waals surface area (Å²) in [5, 5.41) is 0. The third-order valence-corrected chi connectivity index (χ3v) is 4.14. The highest BCUT2D eigenvalue weighted by atomic mass is 32.2. The van der Waals surface area contributed by atoms with Crippen LogP contribution in [0.5, 0.6) is 11.5 Å². The first-order valence-corrected chi connectivity index (χ1v) is 6.76. The maximum Gasteiger partial charge on any atom is 0.183 e. The van der Waals surface area contributed by atoms with E-state index < -0.39 is 15.9 Å². The molecule has 1 unspecified atom stereocenters. The molecule has 0 saturated carbocycles. The van der Waals surface area contributed by atoms with Crippen LogP contribution in [0.4, 0.5) is 0 Å². The van der Waals surface area contributed by atoms with Gasteiger partial charge in [0, 0.05) is 12.1 Å². The lowest BCUT2D eigenvalue weighted by Gasteiger charge is -2.12. The molecule has 1 atom stereocenters. The number of sulfone groups is 1. The summed E-state index contributed by atoms with van der Waals surface area (Å²) in [6, 6.07) is 4.21. The van der Waals surface area contributed by atoms with Gasteiger partial charge in [-0.1, -0.05) is 0 Å². The van der Waals surface area contributed by atoms with Gasteiger partial charge in [-0.2, -0.15) is 0 Å². The third-order valence-electron chi connectivity index (χ3n) is 2.19. The number of rotatable bonds is 5. The molecule has 0 spiro atoms. The number of nitrogens with two attached hydrogens (primary N) is 1. The van der Waals surface area contributed by atoms with E-state index in [1.807, 2.05) is 0 Å². The van der Waals surface area contributed by atoms with Crippen molar-refractivity contribution in [2.24, 2.45) is 5.73 Å².